The number of hydrogen-bond donors (Lipinski definition) is 1. The minimum absolute atomic E-state index is 0.00301. The Morgan fingerprint density at radius 3 is 2.88 bits per heavy atom. The Hall–Kier alpha value is -0.920. The lowest BCUT2D eigenvalue weighted by Gasteiger charge is -2.23. The van der Waals surface area contributed by atoms with Crippen LogP contribution in [0.3, 0.4) is 0 Å². The summed E-state index contributed by atoms with van der Waals surface area (Å²) in [5.74, 6) is 0.518. The van der Waals surface area contributed by atoms with Gasteiger partial charge < -0.3 is 4.74 Å². The maximum atomic E-state index is 11.2. The number of primary sulfonamides is 1. The van der Waals surface area contributed by atoms with Crippen LogP contribution in [-0.2, 0) is 21.3 Å². The summed E-state index contributed by atoms with van der Waals surface area (Å²) in [7, 11) is -3.71. The van der Waals surface area contributed by atoms with Gasteiger partial charge in [0.25, 0.3) is 10.0 Å². The second-order valence-electron chi connectivity index (χ2n) is 4.30. The van der Waals surface area contributed by atoms with E-state index in [9.17, 15) is 8.42 Å². The number of nitrogens with zero attached hydrogens (tertiary/aromatic N) is 2. The molecule has 2 heterocycles. The van der Waals surface area contributed by atoms with Gasteiger partial charge in [-0.05, 0) is 18.8 Å². The van der Waals surface area contributed by atoms with E-state index in [4.69, 9.17) is 9.88 Å². The monoisotopic (exact) mass is 243 g/mol. The van der Waals surface area contributed by atoms with Crippen molar-refractivity contribution in [3.8, 4) is 0 Å². The van der Waals surface area contributed by atoms with E-state index in [1.54, 1.807) is 4.68 Å². The molecule has 0 aromatic carbocycles. The number of hydrogen-bond acceptors (Lipinski definition) is 4. The van der Waals surface area contributed by atoms with Crippen LogP contribution in [-0.4, -0.2) is 24.8 Å². The molecule has 1 aliphatic carbocycles. The van der Waals surface area contributed by atoms with Crippen molar-refractivity contribution in [2.24, 2.45) is 11.1 Å². The smallest absolute Gasteiger partial charge is 0.257 e. The van der Waals surface area contributed by atoms with Crippen molar-refractivity contribution in [1.82, 2.24) is 9.78 Å². The molecule has 0 amide bonds. The van der Waals surface area contributed by atoms with Gasteiger partial charge in [-0.25, -0.2) is 13.6 Å². The van der Waals surface area contributed by atoms with E-state index >= 15 is 0 Å². The van der Waals surface area contributed by atoms with Crippen molar-refractivity contribution in [2.75, 3.05) is 6.61 Å². The summed E-state index contributed by atoms with van der Waals surface area (Å²) in [4.78, 5) is 0. The zero-order valence-electron chi connectivity index (χ0n) is 8.67. The molecule has 88 valence electrons. The molecule has 0 unspecified atom stereocenters. The third kappa shape index (κ3) is 1.64. The van der Waals surface area contributed by atoms with E-state index in [1.807, 2.05) is 0 Å². The van der Waals surface area contributed by atoms with Crippen LogP contribution in [0.25, 0.3) is 0 Å². The average Bonchev–Trinajstić information content (AvgIpc) is 2.93. The first-order valence-electron chi connectivity index (χ1n) is 5.28. The largest absolute Gasteiger partial charge is 0.370 e. The number of sulfonamides is 1. The molecule has 2 N–H and O–H groups in total. The van der Waals surface area contributed by atoms with Crippen molar-refractivity contribution >= 4 is 10.0 Å². The Labute approximate surface area is 93.4 Å². The van der Waals surface area contributed by atoms with Gasteiger partial charge in [-0.3, -0.25) is 4.68 Å². The summed E-state index contributed by atoms with van der Waals surface area (Å²) in [5, 5.41) is 9.01. The molecule has 0 saturated heterocycles. The van der Waals surface area contributed by atoms with Crippen LogP contribution < -0.4 is 5.14 Å². The van der Waals surface area contributed by atoms with Crippen molar-refractivity contribution < 1.29 is 13.2 Å². The van der Waals surface area contributed by atoms with E-state index in [0.29, 0.717) is 19.1 Å². The van der Waals surface area contributed by atoms with Crippen molar-refractivity contribution in [3.05, 3.63) is 11.8 Å². The van der Waals surface area contributed by atoms with E-state index in [1.165, 1.54) is 6.07 Å². The first-order valence-corrected chi connectivity index (χ1v) is 6.82. The Kier molecular flexibility index (Phi) is 2.10. The van der Waals surface area contributed by atoms with Crippen molar-refractivity contribution in [3.63, 3.8) is 0 Å². The highest BCUT2D eigenvalue weighted by Gasteiger charge is 2.38. The summed E-state index contributed by atoms with van der Waals surface area (Å²) in [6, 6.07) is 1.54. The molecular weight excluding hydrogens is 230 g/mol. The van der Waals surface area contributed by atoms with Crippen LogP contribution in [0.15, 0.2) is 11.1 Å². The molecule has 2 aliphatic rings. The van der Waals surface area contributed by atoms with Crippen LogP contribution in [0.5, 0.6) is 0 Å². The standard InChI is InChI=1S/C9H13N3O3S/c10-16(13,14)8-5-7-9(6-1-2-6)15-4-3-12(7)11-8/h5-6,9H,1-4H2,(H2,10,13,14)/t9-/m1/s1. The third-order valence-electron chi connectivity index (χ3n) is 3.02. The predicted molar refractivity (Wildman–Crippen MR) is 55.0 cm³/mol. The van der Waals surface area contributed by atoms with E-state index in [0.717, 1.165) is 18.5 Å². The SMILES string of the molecule is NS(=O)(=O)c1cc2n(n1)CCO[C@@H]2C1CC1. The summed E-state index contributed by atoms with van der Waals surface area (Å²) in [6.45, 7) is 1.17. The second kappa shape index (κ2) is 3.28. The van der Waals surface area contributed by atoms with Gasteiger partial charge in [0, 0.05) is 6.07 Å². The number of rotatable bonds is 2. The molecule has 6 nitrogen and oxygen atoms in total. The van der Waals surface area contributed by atoms with Crippen LogP contribution in [0, 0.1) is 5.92 Å². The number of ether oxygens (including phenoxy) is 1. The molecule has 1 aromatic rings. The van der Waals surface area contributed by atoms with Gasteiger partial charge in [0.15, 0.2) is 5.03 Å². The lowest BCUT2D eigenvalue weighted by molar-refractivity contribution is 0.00273. The van der Waals surface area contributed by atoms with Crippen LogP contribution in [0.1, 0.15) is 24.6 Å². The average molecular weight is 243 g/mol. The molecule has 7 heteroatoms. The molecule has 0 bridgehead atoms. The highest BCUT2D eigenvalue weighted by atomic mass is 32.2. The minimum atomic E-state index is -3.71. The fourth-order valence-corrected chi connectivity index (χ4v) is 2.58. The lowest BCUT2D eigenvalue weighted by atomic mass is 10.1. The first-order chi connectivity index (χ1) is 7.55. The topological polar surface area (TPSA) is 87.2 Å². The third-order valence-corrected chi connectivity index (χ3v) is 3.80. The Morgan fingerprint density at radius 1 is 1.50 bits per heavy atom. The summed E-state index contributed by atoms with van der Waals surface area (Å²) in [5.41, 5.74) is 0.845. The molecule has 1 fully saturated rings. The van der Waals surface area contributed by atoms with Gasteiger partial charge in [-0.1, -0.05) is 0 Å². The predicted octanol–water partition coefficient (Wildman–Crippen LogP) is 0.0118. The lowest BCUT2D eigenvalue weighted by Crippen LogP contribution is -2.23. The minimum Gasteiger partial charge on any atom is -0.370 e. The molecule has 16 heavy (non-hydrogen) atoms. The van der Waals surface area contributed by atoms with Gasteiger partial charge in [-0.2, -0.15) is 5.10 Å². The zero-order valence-corrected chi connectivity index (χ0v) is 9.48. The van der Waals surface area contributed by atoms with Crippen molar-refractivity contribution in [2.45, 2.75) is 30.5 Å². The molecular formula is C9H13N3O3S. The van der Waals surface area contributed by atoms with Gasteiger partial charge in [0.2, 0.25) is 0 Å². The van der Waals surface area contributed by atoms with Crippen molar-refractivity contribution in [1.29, 1.82) is 0 Å². The Bertz CT molecular complexity index is 518. The van der Waals surface area contributed by atoms with Gasteiger partial charge in [-0.15, -0.1) is 0 Å². The summed E-state index contributed by atoms with van der Waals surface area (Å²) < 4.78 is 29.8. The Morgan fingerprint density at radius 2 is 2.25 bits per heavy atom. The highest BCUT2D eigenvalue weighted by Crippen LogP contribution is 2.44. The quantitative estimate of drug-likeness (QED) is 0.792. The summed E-state index contributed by atoms with van der Waals surface area (Å²) >= 11 is 0. The van der Waals surface area contributed by atoms with E-state index in [2.05, 4.69) is 5.10 Å². The maximum absolute atomic E-state index is 11.2. The molecule has 1 aromatic heterocycles. The molecule has 1 saturated carbocycles. The fourth-order valence-electron chi connectivity index (χ4n) is 2.08. The molecule has 0 radical (unpaired) electrons. The first kappa shape index (κ1) is 10.2. The maximum Gasteiger partial charge on any atom is 0.257 e. The molecule has 1 aliphatic heterocycles. The highest BCUT2D eigenvalue weighted by molar-refractivity contribution is 7.89. The zero-order chi connectivity index (χ0) is 11.3. The molecule has 1 atom stereocenters. The Balaban J connectivity index is 2.04. The van der Waals surface area contributed by atoms with E-state index in [-0.39, 0.29) is 11.1 Å². The van der Waals surface area contributed by atoms with Gasteiger partial charge in [0.1, 0.15) is 6.10 Å². The number of nitrogens with two attached hydrogens (primary N) is 1. The second-order valence-corrected chi connectivity index (χ2v) is 5.81. The van der Waals surface area contributed by atoms with Crippen LogP contribution >= 0.6 is 0 Å². The summed E-state index contributed by atoms with van der Waals surface area (Å²) in [6.07, 6.45) is 2.28. The van der Waals surface area contributed by atoms with E-state index < -0.39 is 10.0 Å². The van der Waals surface area contributed by atoms with Gasteiger partial charge in [0.05, 0.1) is 18.8 Å². The van der Waals surface area contributed by atoms with Crippen LogP contribution in [0.4, 0.5) is 0 Å². The van der Waals surface area contributed by atoms with Gasteiger partial charge >= 0.3 is 0 Å². The molecule has 0 spiro atoms. The number of aromatic nitrogens is 2. The normalized spacial score (nSPS) is 25.4. The molecule has 3 rings (SSSR count). The number of fused-ring (bicyclic) bond motifs is 1. The van der Waals surface area contributed by atoms with Crippen LogP contribution in [0.2, 0.25) is 0 Å². The fraction of sp³-hybridized carbons (Fsp3) is 0.667.